The van der Waals surface area contributed by atoms with Crippen molar-refractivity contribution in [3.8, 4) is 0 Å². The van der Waals surface area contributed by atoms with Crippen LogP contribution in [0, 0.1) is 5.82 Å². The zero-order chi connectivity index (χ0) is 28.2. The fourth-order valence-electron chi connectivity index (χ4n) is 4.45. The van der Waals surface area contributed by atoms with Gasteiger partial charge in [-0.15, -0.1) is 0 Å². The average molecular weight is 561 g/mol. The molecule has 1 aliphatic heterocycles. The average Bonchev–Trinajstić information content (AvgIpc) is 3.65. The first-order valence-electron chi connectivity index (χ1n) is 12.5. The third-order valence-electron chi connectivity index (χ3n) is 6.34. The quantitative estimate of drug-likeness (QED) is 0.281. The van der Waals surface area contributed by atoms with Gasteiger partial charge in [0.25, 0.3) is 11.1 Å². The van der Waals surface area contributed by atoms with E-state index in [0.29, 0.717) is 17.0 Å². The third-order valence-corrected chi connectivity index (χ3v) is 7.24. The Kier molecular flexibility index (Phi) is 7.83. The lowest BCUT2D eigenvalue weighted by atomic mass is 10.1. The summed E-state index contributed by atoms with van der Waals surface area (Å²) in [6, 6.07) is 14.5. The Hall–Kier alpha value is -4.64. The van der Waals surface area contributed by atoms with Crippen LogP contribution < -0.4 is 10.6 Å². The fourth-order valence-corrected chi connectivity index (χ4v) is 5.28. The van der Waals surface area contributed by atoms with Crippen LogP contribution in [0.25, 0.3) is 17.0 Å². The van der Waals surface area contributed by atoms with Crippen LogP contribution >= 0.6 is 11.8 Å². The molecular weight excluding hydrogens is 535 g/mol. The van der Waals surface area contributed by atoms with Crippen LogP contribution in [0.2, 0.25) is 0 Å². The smallest absolute Gasteiger partial charge is 0.294 e. The van der Waals surface area contributed by atoms with Gasteiger partial charge in [0, 0.05) is 22.8 Å². The Balaban J connectivity index is 1.35. The van der Waals surface area contributed by atoms with E-state index in [-0.39, 0.29) is 23.9 Å². The van der Waals surface area contributed by atoms with E-state index in [2.05, 4.69) is 10.6 Å². The zero-order valence-corrected chi connectivity index (χ0v) is 22.3. The van der Waals surface area contributed by atoms with Gasteiger partial charge in [0.15, 0.2) is 0 Å². The Labute approximate surface area is 233 Å². The zero-order valence-electron chi connectivity index (χ0n) is 21.5. The lowest BCUT2D eigenvalue weighted by molar-refractivity contribution is -0.127. The summed E-state index contributed by atoms with van der Waals surface area (Å²) in [4.78, 5) is 52.0. The molecule has 1 fully saturated rings. The van der Waals surface area contributed by atoms with Gasteiger partial charge >= 0.3 is 0 Å². The van der Waals surface area contributed by atoms with Crippen molar-refractivity contribution in [3.05, 3.63) is 94.7 Å². The van der Waals surface area contributed by atoms with E-state index in [1.54, 1.807) is 30.7 Å². The molecule has 2 aromatic heterocycles. The van der Waals surface area contributed by atoms with Gasteiger partial charge in [0.05, 0.1) is 23.2 Å². The number of amides is 4. The number of hydrogen-bond donors (Lipinski definition) is 2. The number of carbonyl (C=O) groups excluding carboxylic acids is 4. The first kappa shape index (κ1) is 26.9. The highest BCUT2D eigenvalue weighted by Crippen LogP contribution is 2.35. The van der Waals surface area contributed by atoms with Gasteiger partial charge in [-0.05, 0) is 66.2 Å². The van der Waals surface area contributed by atoms with Crippen LogP contribution in [-0.2, 0) is 33.9 Å². The largest absolute Gasteiger partial charge is 0.467 e. The summed E-state index contributed by atoms with van der Waals surface area (Å²) < 4.78 is 20.2. The number of halogens is 1. The number of fused-ring (bicyclic) bond motifs is 1. The first-order chi connectivity index (χ1) is 19.3. The Bertz CT molecular complexity index is 1630. The SMILES string of the molecule is CCc1cccc2c(/C=C3\SC(=O)N(CC(=O)Nc4ccc(F)cc4)C3=O)cn(CC(=O)NCc3ccco3)c12. The molecule has 204 valence electrons. The second kappa shape index (κ2) is 11.6. The number of nitrogens with one attached hydrogen (secondary N) is 2. The number of furan rings is 1. The molecule has 1 aliphatic rings. The van der Waals surface area contributed by atoms with Crippen LogP contribution in [0.1, 0.15) is 23.8 Å². The van der Waals surface area contributed by atoms with Gasteiger partial charge in [-0.3, -0.25) is 24.1 Å². The molecular formula is C29H25FN4O5S. The second-order valence-electron chi connectivity index (χ2n) is 9.06. The topological polar surface area (TPSA) is 114 Å². The molecule has 0 radical (unpaired) electrons. The molecule has 0 spiro atoms. The van der Waals surface area contributed by atoms with Crippen molar-refractivity contribution in [2.75, 3.05) is 11.9 Å². The molecule has 0 unspecified atom stereocenters. The van der Waals surface area contributed by atoms with Gasteiger partial charge in [0.1, 0.15) is 24.7 Å². The maximum Gasteiger partial charge on any atom is 0.294 e. The van der Waals surface area contributed by atoms with Gasteiger partial charge < -0.3 is 19.6 Å². The maximum atomic E-state index is 13.1. The highest BCUT2D eigenvalue weighted by Gasteiger charge is 2.36. The molecule has 2 N–H and O–H groups in total. The minimum absolute atomic E-state index is 0.0487. The standard InChI is InChI=1S/C29H25FN4O5S/c1-2-18-5-3-7-23-19(15-33(27(18)23)16-25(35)31-14-22-6-4-12-39-22)13-24-28(37)34(29(38)40-24)17-26(36)32-21-10-8-20(30)9-11-21/h3-13,15H,2,14,16-17H2,1H3,(H,31,35)(H,32,36)/b24-13-. The number of carbonyl (C=O) groups is 4. The number of para-hydroxylation sites is 1. The molecule has 0 atom stereocenters. The third kappa shape index (κ3) is 5.84. The van der Waals surface area contributed by atoms with Crippen LogP contribution in [0.15, 0.2) is 76.4 Å². The summed E-state index contributed by atoms with van der Waals surface area (Å²) in [5.41, 5.74) is 2.91. The summed E-state index contributed by atoms with van der Waals surface area (Å²) in [6.07, 6.45) is 5.67. The van der Waals surface area contributed by atoms with Crippen molar-refractivity contribution in [2.45, 2.75) is 26.4 Å². The Morgan fingerprint density at radius 3 is 2.55 bits per heavy atom. The van der Waals surface area contributed by atoms with Crippen LogP contribution in [0.4, 0.5) is 14.9 Å². The normalized spacial score (nSPS) is 14.3. The number of thioether (sulfide) groups is 1. The molecule has 2 aromatic carbocycles. The summed E-state index contributed by atoms with van der Waals surface area (Å²) in [6.45, 7) is 1.86. The van der Waals surface area contributed by atoms with Crippen LogP contribution in [0.5, 0.6) is 0 Å². The van der Waals surface area contributed by atoms with Crippen molar-refractivity contribution in [3.63, 3.8) is 0 Å². The van der Waals surface area contributed by atoms with E-state index in [9.17, 15) is 23.6 Å². The van der Waals surface area contributed by atoms with E-state index in [1.807, 2.05) is 29.7 Å². The minimum Gasteiger partial charge on any atom is -0.467 e. The highest BCUT2D eigenvalue weighted by atomic mass is 32.2. The monoisotopic (exact) mass is 560 g/mol. The summed E-state index contributed by atoms with van der Waals surface area (Å²) in [5, 5.41) is 5.66. The number of aromatic nitrogens is 1. The van der Waals surface area contributed by atoms with Crippen molar-refractivity contribution in [1.82, 2.24) is 14.8 Å². The molecule has 0 aliphatic carbocycles. The number of anilines is 1. The molecule has 3 heterocycles. The minimum atomic E-state index is -0.590. The number of imide groups is 1. The fraction of sp³-hybridized carbons (Fsp3) is 0.172. The summed E-state index contributed by atoms with van der Waals surface area (Å²) in [5.74, 6) is -1.19. The van der Waals surface area contributed by atoms with Crippen molar-refractivity contribution < 1.29 is 28.0 Å². The predicted octanol–water partition coefficient (Wildman–Crippen LogP) is 4.93. The van der Waals surface area contributed by atoms with Gasteiger partial charge in [-0.2, -0.15) is 0 Å². The van der Waals surface area contributed by atoms with Crippen molar-refractivity contribution in [1.29, 1.82) is 0 Å². The number of hydrogen-bond acceptors (Lipinski definition) is 6. The lowest BCUT2D eigenvalue weighted by Crippen LogP contribution is -2.36. The van der Waals surface area contributed by atoms with Crippen LogP contribution in [-0.4, -0.2) is 39.0 Å². The van der Waals surface area contributed by atoms with E-state index in [0.717, 1.165) is 39.5 Å². The molecule has 9 nitrogen and oxygen atoms in total. The van der Waals surface area contributed by atoms with Gasteiger partial charge in [-0.25, -0.2) is 4.39 Å². The number of aryl methyl sites for hydroxylation is 1. The first-order valence-corrected chi connectivity index (χ1v) is 13.3. The molecule has 5 rings (SSSR count). The van der Waals surface area contributed by atoms with E-state index in [1.165, 1.54) is 24.3 Å². The van der Waals surface area contributed by atoms with E-state index in [4.69, 9.17) is 4.42 Å². The van der Waals surface area contributed by atoms with Gasteiger partial charge in [-0.1, -0.05) is 25.1 Å². The highest BCUT2D eigenvalue weighted by molar-refractivity contribution is 8.18. The Morgan fingerprint density at radius 1 is 1.02 bits per heavy atom. The maximum absolute atomic E-state index is 13.1. The van der Waals surface area contributed by atoms with Crippen molar-refractivity contribution >= 4 is 57.4 Å². The summed E-state index contributed by atoms with van der Waals surface area (Å²) >= 11 is 0.745. The lowest BCUT2D eigenvalue weighted by Gasteiger charge is -2.12. The number of nitrogens with zero attached hydrogens (tertiary/aromatic N) is 2. The molecule has 0 bridgehead atoms. The van der Waals surface area contributed by atoms with E-state index < -0.39 is 29.4 Å². The second-order valence-corrected chi connectivity index (χ2v) is 10.1. The van der Waals surface area contributed by atoms with Crippen molar-refractivity contribution in [2.24, 2.45) is 0 Å². The molecule has 0 saturated carbocycles. The molecule has 40 heavy (non-hydrogen) atoms. The molecule has 1 saturated heterocycles. The Morgan fingerprint density at radius 2 is 1.82 bits per heavy atom. The van der Waals surface area contributed by atoms with Crippen LogP contribution in [0.3, 0.4) is 0 Å². The predicted molar refractivity (Wildman–Crippen MR) is 150 cm³/mol. The van der Waals surface area contributed by atoms with Gasteiger partial charge in [0.2, 0.25) is 11.8 Å². The number of rotatable bonds is 9. The molecule has 4 amide bonds. The molecule has 4 aromatic rings. The number of benzene rings is 2. The summed E-state index contributed by atoms with van der Waals surface area (Å²) in [7, 11) is 0. The molecule has 11 heteroatoms. The van der Waals surface area contributed by atoms with E-state index >= 15 is 0 Å².